The first-order valence-electron chi connectivity index (χ1n) is 8.44. The molecule has 2 aliphatic rings. The third-order valence-corrected chi connectivity index (χ3v) is 5.66. The van der Waals surface area contributed by atoms with Gasteiger partial charge in [-0.2, -0.15) is 0 Å². The van der Waals surface area contributed by atoms with Crippen molar-refractivity contribution >= 4 is 17.3 Å². The number of carboxylic acids is 1. The van der Waals surface area contributed by atoms with E-state index in [1.165, 1.54) is 0 Å². The largest absolute Gasteiger partial charge is 0.481 e. The number of aromatic nitrogens is 1. The summed E-state index contributed by atoms with van der Waals surface area (Å²) in [6.45, 7) is 7.35. The van der Waals surface area contributed by atoms with Gasteiger partial charge in [0, 0.05) is 70.5 Å². The van der Waals surface area contributed by atoms with Crippen molar-refractivity contribution in [1.82, 2.24) is 19.7 Å². The molecule has 2 saturated heterocycles. The average molecular weight is 354 g/mol. The van der Waals surface area contributed by atoms with E-state index in [-0.39, 0.29) is 5.92 Å². The highest BCUT2D eigenvalue weighted by molar-refractivity contribution is 7.09. The second kappa shape index (κ2) is 8.35. The van der Waals surface area contributed by atoms with Crippen LogP contribution in [0.5, 0.6) is 0 Å². The van der Waals surface area contributed by atoms with Crippen molar-refractivity contribution in [3.05, 3.63) is 16.6 Å². The van der Waals surface area contributed by atoms with Gasteiger partial charge in [-0.05, 0) is 0 Å². The number of nitrogens with zero attached hydrogens (tertiary/aromatic N) is 4. The van der Waals surface area contributed by atoms with E-state index < -0.39 is 5.97 Å². The van der Waals surface area contributed by atoms with Gasteiger partial charge in [-0.1, -0.05) is 0 Å². The number of aliphatic carboxylic acids is 1. The molecule has 8 heteroatoms. The maximum atomic E-state index is 11.6. The van der Waals surface area contributed by atoms with Crippen molar-refractivity contribution in [3.63, 3.8) is 0 Å². The molecule has 3 rings (SSSR count). The lowest BCUT2D eigenvalue weighted by Gasteiger charge is -2.41. The van der Waals surface area contributed by atoms with Gasteiger partial charge in [0.15, 0.2) is 0 Å². The van der Waals surface area contributed by atoms with Crippen LogP contribution in [0.3, 0.4) is 0 Å². The van der Waals surface area contributed by atoms with Crippen LogP contribution < -0.4 is 0 Å². The number of carbonyl (C=O) groups is 1. The van der Waals surface area contributed by atoms with Crippen molar-refractivity contribution < 1.29 is 14.6 Å². The van der Waals surface area contributed by atoms with E-state index in [2.05, 4.69) is 19.7 Å². The molecule has 0 saturated carbocycles. The fourth-order valence-corrected chi connectivity index (χ4v) is 4.28. The topological polar surface area (TPSA) is 69.1 Å². The minimum absolute atomic E-state index is 0.322. The standard InChI is InChI=1S/C16H26N4O3S/c1-23-6-5-19-8-13(16(21)22)9-20-4-3-18(10-14(20)11-19)12-15-17-2-7-24-15/h2,7,13-14H,3-6,8-12H2,1H3,(H,21,22). The number of rotatable bonds is 6. The van der Waals surface area contributed by atoms with Crippen molar-refractivity contribution in [1.29, 1.82) is 0 Å². The molecule has 0 aromatic carbocycles. The quantitative estimate of drug-likeness (QED) is 0.787. The highest BCUT2D eigenvalue weighted by atomic mass is 32.1. The Morgan fingerprint density at radius 2 is 2.17 bits per heavy atom. The molecule has 0 amide bonds. The normalized spacial score (nSPS) is 26.9. The maximum absolute atomic E-state index is 11.6. The molecule has 2 aliphatic heterocycles. The summed E-state index contributed by atoms with van der Waals surface area (Å²) in [5.41, 5.74) is 0. The molecular formula is C16H26N4O3S. The third kappa shape index (κ3) is 4.52. The SMILES string of the molecule is COCCN1CC(C(=O)O)CN2CCN(Cc3nccs3)CC2C1. The molecule has 1 N–H and O–H groups in total. The molecular weight excluding hydrogens is 328 g/mol. The van der Waals surface area contributed by atoms with Crippen LogP contribution in [0.1, 0.15) is 5.01 Å². The molecule has 134 valence electrons. The number of hydrogen-bond acceptors (Lipinski definition) is 7. The Morgan fingerprint density at radius 1 is 1.33 bits per heavy atom. The molecule has 3 heterocycles. The van der Waals surface area contributed by atoms with Gasteiger partial charge in [0.2, 0.25) is 0 Å². The number of methoxy groups -OCH3 is 1. The zero-order valence-electron chi connectivity index (χ0n) is 14.1. The Labute approximate surface area is 146 Å². The molecule has 2 unspecified atom stereocenters. The molecule has 7 nitrogen and oxygen atoms in total. The van der Waals surface area contributed by atoms with E-state index in [1.54, 1.807) is 18.4 Å². The second-order valence-electron chi connectivity index (χ2n) is 6.60. The molecule has 0 aliphatic carbocycles. The number of thiazole rings is 1. The highest BCUT2D eigenvalue weighted by Gasteiger charge is 2.36. The summed E-state index contributed by atoms with van der Waals surface area (Å²) in [4.78, 5) is 23.0. The maximum Gasteiger partial charge on any atom is 0.309 e. The summed E-state index contributed by atoms with van der Waals surface area (Å²) < 4.78 is 5.19. The van der Waals surface area contributed by atoms with Crippen LogP contribution in [0.15, 0.2) is 11.6 Å². The number of fused-ring (bicyclic) bond motifs is 1. The second-order valence-corrected chi connectivity index (χ2v) is 7.58. The fraction of sp³-hybridized carbons (Fsp3) is 0.750. The predicted molar refractivity (Wildman–Crippen MR) is 92.2 cm³/mol. The fourth-order valence-electron chi connectivity index (χ4n) is 3.62. The van der Waals surface area contributed by atoms with Crippen molar-refractivity contribution in [2.75, 3.05) is 59.5 Å². The van der Waals surface area contributed by atoms with E-state index in [0.717, 1.165) is 44.3 Å². The average Bonchev–Trinajstić information content (AvgIpc) is 2.99. The third-order valence-electron chi connectivity index (χ3n) is 4.89. The van der Waals surface area contributed by atoms with Gasteiger partial charge in [-0.15, -0.1) is 11.3 Å². The Kier molecular flexibility index (Phi) is 6.18. The van der Waals surface area contributed by atoms with Gasteiger partial charge in [0.1, 0.15) is 5.01 Å². The molecule has 2 fully saturated rings. The van der Waals surface area contributed by atoms with Crippen LogP contribution in [0.25, 0.3) is 0 Å². The number of piperazine rings is 1. The number of hydrogen-bond donors (Lipinski definition) is 1. The predicted octanol–water partition coefficient (Wildman–Crippen LogP) is 0.292. The molecule has 1 aromatic heterocycles. The monoisotopic (exact) mass is 354 g/mol. The van der Waals surface area contributed by atoms with Crippen molar-refractivity contribution in [3.8, 4) is 0 Å². The van der Waals surface area contributed by atoms with E-state index in [4.69, 9.17) is 4.74 Å². The van der Waals surface area contributed by atoms with Crippen LogP contribution in [0.4, 0.5) is 0 Å². The summed E-state index contributed by atoms with van der Waals surface area (Å²) in [6.07, 6.45) is 1.85. The molecule has 2 atom stereocenters. The Hall–Kier alpha value is -1.06. The lowest BCUT2D eigenvalue weighted by molar-refractivity contribution is -0.142. The Balaban J connectivity index is 1.64. The first-order valence-corrected chi connectivity index (χ1v) is 9.32. The summed E-state index contributed by atoms with van der Waals surface area (Å²) in [7, 11) is 1.69. The lowest BCUT2D eigenvalue weighted by Crippen LogP contribution is -2.55. The zero-order chi connectivity index (χ0) is 16.9. The summed E-state index contributed by atoms with van der Waals surface area (Å²) >= 11 is 1.69. The van der Waals surface area contributed by atoms with Gasteiger partial charge in [-0.25, -0.2) is 4.98 Å². The molecule has 0 spiro atoms. The van der Waals surface area contributed by atoms with Gasteiger partial charge in [0.05, 0.1) is 19.1 Å². The number of carboxylic acid groups (broad SMARTS) is 1. The van der Waals surface area contributed by atoms with E-state index in [9.17, 15) is 9.90 Å². The van der Waals surface area contributed by atoms with Crippen molar-refractivity contribution in [2.45, 2.75) is 12.6 Å². The zero-order valence-corrected chi connectivity index (χ0v) is 15.0. The lowest BCUT2D eigenvalue weighted by atomic mass is 10.1. The minimum Gasteiger partial charge on any atom is -0.481 e. The summed E-state index contributed by atoms with van der Waals surface area (Å²) in [6, 6.07) is 0.375. The van der Waals surface area contributed by atoms with Crippen LogP contribution in [0.2, 0.25) is 0 Å². The van der Waals surface area contributed by atoms with E-state index in [1.807, 2.05) is 11.6 Å². The molecule has 0 bridgehead atoms. The van der Waals surface area contributed by atoms with E-state index >= 15 is 0 Å². The van der Waals surface area contributed by atoms with Gasteiger partial charge < -0.3 is 9.84 Å². The smallest absolute Gasteiger partial charge is 0.309 e. The summed E-state index contributed by atoms with van der Waals surface area (Å²) in [5, 5.41) is 12.7. The first-order chi connectivity index (χ1) is 11.7. The van der Waals surface area contributed by atoms with Crippen LogP contribution in [-0.4, -0.2) is 96.3 Å². The van der Waals surface area contributed by atoms with Crippen LogP contribution in [0, 0.1) is 5.92 Å². The Morgan fingerprint density at radius 3 is 2.88 bits per heavy atom. The highest BCUT2D eigenvalue weighted by Crippen LogP contribution is 2.20. The minimum atomic E-state index is -0.691. The number of ether oxygens (including phenoxy) is 1. The van der Waals surface area contributed by atoms with Crippen molar-refractivity contribution in [2.24, 2.45) is 5.92 Å². The first kappa shape index (κ1) is 17.8. The molecule has 24 heavy (non-hydrogen) atoms. The molecule has 1 aromatic rings. The molecule has 0 radical (unpaired) electrons. The van der Waals surface area contributed by atoms with Gasteiger partial charge in [0.25, 0.3) is 0 Å². The van der Waals surface area contributed by atoms with E-state index in [0.29, 0.717) is 25.7 Å². The van der Waals surface area contributed by atoms with Gasteiger partial charge >= 0.3 is 5.97 Å². The van der Waals surface area contributed by atoms with Gasteiger partial charge in [-0.3, -0.25) is 19.5 Å². The summed E-state index contributed by atoms with van der Waals surface area (Å²) in [5.74, 6) is -1.01. The van der Waals surface area contributed by atoms with Crippen LogP contribution >= 0.6 is 11.3 Å². The van der Waals surface area contributed by atoms with Crippen LogP contribution in [-0.2, 0) is 16.1 Å². The Bertz CT molecular complexity index is 527.